The van der Waals surface area contributed by atoms with Gasteiger partial charge in [-0.1, -0.05) is 6.92 Å². The number of carbonyl (C=O) groups is 2. The molecular formula is C12H20N4O2. The molecule has 2 amide bonds. The molecule has 1 aromatic rings. The minimum absolute atomic E-state index is 0.0738. The van der Waals surface area contributed by atoms with Crippen LogP contribution in [0.3, 0.4) is 0 Å². The molecule has 0 aliphatic heterocycles. The van der Waals surface area contributed by atoms with Gasteiger partial charge in [-0.05, 0) is 13.8 Å². The molecule has 1 heterocycles. The van der Waals surface area contributed by atoms with Gasteiger partial charge in [0, 0.05) is 26.3 Å². The van der Waals surface area contributed by atoms with E-state index in [4.69, 9.17) is 0 Å². The molecule has 0 aliphatic carbocycles. The van der Waals surface area contributed by atoms with Gasteiger partial charge >= 0.3 is 0 Å². The van der Waals surface area contributed by atoms with E-state index in [9.17, 15) is 9.59 Å². The van der Waals surface area contributed by atoms with Crippen LogP contribution in [-0.2, 0) is 4.79 Å². The van der Waals surface area contributed by atoms with Crippen molar-refractivity contribution in [3.8, 4) is 0 Å². The fourth-order valence-corrected chi connectivity index (χ4v) is 1.88. The standard InChI is InChI=1S/C12H20N4O2/c1-7(11(17)13-4)6-16(5)12(18)10-8(2)14-15-9(10)3/h7H,6H2,1-5H3,(H,13,17)(H,14,15). The zero-order valence-electron chi connectivity index (χ0n) is 11.5. The maximum absolute atomic E-state index is 12.2. The van der Waals surface area contributed by atoms with Crippen molar-refractivity contribution in [1.82, 2.24) is 20.4 Å². The Morgan fingerprint density at radius 2 is 2.06 bits per heavy atom. The summed E-state index contributed by atoms with van der Waals surface area (Å²) < 4.78 is 0. The molecule has 0 aromatic carbocycles. The molecule has 6 heteroatoms. The van der Waals surface area contributed by atoms with Crippen LogP contribution in [0.1, 0.15) is 28.7 Å². The van der Waals surface area contributed by atoms with E-state index in [0.717, 1.165) is 5.69 Å². The fourth-order valence-electron chi connectivity index (χ4n) is 1.88. The van der Waals surface area contributed by atoms with Crippen molar-refractivity contribution in [3.63, 3.8) is 0 Å². The summed E-state index contributed by atoms with van der Waals surface area (Å²) in [6, 6.07) is 0. The number of aromatic nitrogens is 2. The SMILES string of the molecule is CNC(=O)C(C)CN(C)C(=O)c1c(C)n[nH]c1C. The van der Waals surface area contributed by atoms with Crippen LogP contribution in [0.5, 0.6) is 0 Å². The summed E-state index contributed by atoms with van der Waals surface area (Å²) in [6.45, 7) is 5.76. The molecule has 0 aliphatic rings. The molecule has 0 bridgehead atoms. The van der Waals surface area contributed by atoms with Gasteiger partial charge in [-0.25, -0.2) is 0 Å². The first-order valence-corrected chi connectivity index (χ1v) is 5.87. The summed E-state index contributed by atoms with van der Waals surface area (Å²) in [6.07, 6.45) is 0. The molecule has 0 fully saturated rings. The number of carbonyl (C=O) groups excluding carboxylic acids is 2. The van der Waals surface area contributed by atoms with Gasteiger partial charge in [-0.3, -0.25) is 14.7 Å². The number of amides is 2. The molecule has 6 nitrogen and oxygen atoms in total. The Balaban J connectivity index is 2.76. The van der Waals surface area contributed by atoms with Gasteiger partial charge in [-0.15, -0.1) is 0 Å². The largest absolute Gasteiger partial charge is 0.359 e. The Hall–Kier alpha value is -1.85. The molecule has 1 atom stereocenters. The van der Waals surface area contributed by atoms with Gasteiger partial charge in [0.15, 0.2) is 0 Å². The van der Waals surface area contributed by atoms with Crippen LogP contribution in [0.2, 0.25) is 0 Å². The van der Waals surface area contributed by atoms with Gasteiger partial charge in [0.25, 0.3) is 5.91 Å². The van der Waals surface area contributed by atoms with Crippen LogP contribution in [-0.4, -0.2) is 47.6 Å². The first-order valence-electron chi connectivity index (χ1n) is 5.87. The summed E-state index contributed by atoms with van der Waals surface area (Å²) in [4.78, 5) is 25.2. The Labute approximate surface area is 107 Å². The number of nitrogens with zero attached hydrogens (tertiary/aromatic N) is 2. The summed E-state index contributed by atoms with van der Waals surface area (Å²) in [7, 11) is 3.28. The molecule has 1 unspecified atom stereocenters. The lowest BCUT2D eigenvalue weighted by atomic mass is 10.1. The molecule has 1 aromatic heterocycles. The smallest absolute Gasteiger partial charge is 0.257 e. The molecule has 0 saturated carbocycles. The lowest BCUT2D eigenvalue weighted by Gasteiger charge is -2.20. The van der Waals surface area contributed by atoms with Crippen LogP contribution in [0.4, 0.5) is 0 Å². The van der Waals surface area contributed by atoms with Crippen molar-refractivity contribution in [1.29, 1.82) is 0 Å². The second-order valence-electron chi connectivity index (χ2n) is 4.51. The number of rotatable bonds is 4. The van der Waals surface area contributed by atoms with Crippen LogP contribution < -0.4 is 5.32 Å². The minimum Gasteiger partial charge on any atom is -0.359 e. The van der Waals surface area contributed by atoms with Crippen LogP contribution in [0.15, 0.2) is 0 Å². The highest BCUT2D eigenvalue weighted by Gasteiger charge is 2.22. The van der Waals surface area contributed by atoms with Gasteiger partial charge in [-0.2, -0.15) is 5.10 Å². The molecule has 18 heavy (non-hydrogen) atoms. The average molecular weight is 252 g/mol. The van der Waals surface area contributed by atoms with E-state index < -0.39 is 0 Å². The first kappa shape index (κ1) is 14.2. The zero-order valence-corrected chi connectivity index (χ0v) is 11.5. The van der Waals surface area contributed by atoms with E-state index in [0.29, 0.717) is 17.8 Å². The maximum atomic E-state index is 12.2. The van der Waals surface area contributed by atoms with Gasteiger partial charge < -0.3 is 10.2 Å². The molecule has 100 valence electrons. The second kappa shape index (κ2) is 5.66. The highest BCUT2D eigenvalue weighted by Crippen LogP contribution is 2.12. The van der Waals surface area contributed by atoms with Crippen molar-refractivity contribution in [2.24, 2.45) is 5.92 Å². The summed E-state index contributed by atoms with van der Waals surface area (Å²) in [5, 5.41) is 9.35. The second-order valence-corrected chi connectivity index (χ2v) is 4.51. The normalized spacial score (nSPS) is 12.1. The number of hydrogen-bond donors (Lipinski definition) is 2. The highest BCUT2D eigenvalue weighted by atomic mass is 16.2. The lowest BCUT2D eigenvalue weighted by Crippen LogP contribution is -2.37. The van der Waals surface area contributed by atoms with Crippen LogP contribution in [0, 0.1) is 19.8 Å². The van der Waals surface area contributed by atoms with Crippen molar-refractivity contribution in [2.45, 2.75) is 20.8 Å². The minimum atomic E-state index is -0.239. The van der Waals surface area contributed by atoms with Crippen LogP contribution in [0.25, 0.3) is 0 Å². The van der Waals surface area contributed by atoms with E-state index in [2.05, 4.69) is 15.5 Å². The van der Waals surface area contributed by atoms with Gasteiger partial charge in [0.05, 0.1) is 17.2 Å². The Bertz CT molecular complexity index is 433. The van der Waals surface area contributed by atoms with Gasteiger partial charge in [0.1, 0.15) is 0 Å². The highest BCUT2D eigenvalue weighted by molar-refractivity contribution is 5.96. The van der Waals surface area contributed by atoms with Gasteiger partial charge in [0.2, 0.25) is 5.91 Å². The number of nitrogens with one attached hydrogen (secondary N) is 2. The van der Waals surface area contributed by atoms with Crippen molar-refractivity contribution < 1.29 is 9.59 Å². The average Bonchev–Trinajstić information content (AvgIpc) is 2.66. The summed E-state index contributed by atoms with van der Waals surface area (Å²) in [5.74, 6) is -0.429. The molecule has 2 N–H and O–H groups in total. The Morgan fingerprint density at radius 1 is 1.44 bits per heavy atom. The zero-order chi connectivity index (χ0) is 13.9. The number of H-pyrrole nitrogens is 1. The summed E-state index contributed by atoms with van der Waals surface area (Å²) in [5.41, 5.74) is 2.01. The van der Waals surface area contributed by atoms with E-state index in [1.54, 1.807) is 32.8 Å². The number of hydrogen-bond acceptors (Lipinski definition) is 3. The molecular weight excluding hydrogens is 232 g/mol. The monoisotopic (exact) mass is 252 g/mol. The van der Waals surface area contributed by atoms with E-state index >= 15 is 0 Å². The van der Waals surface area contributed by atoms with E-state index in [-0.39, 0.29) is 17.7 Å². The number of aromatic amines is 1. The number of aryl methyl sites for hydroxylation is 2. The molecule has 0 radical (unpaired) electrons. The summed E-state index contributed by atoms with van der Waals surface area (Å²) >= 11 is 0. The quantitative estimate of drug-likeness (QED) is 0.818. The van der Waals surface area contributed by atoms with Crippen LogP contribution >= 0.6 is 0 Å². The van der Waals surface area contributed by atoms with Crippen molar-refractivity contribution in [2.75, 3.05) is 20.6 Å². The fraction of sp³-hybridized carbons (Fsp3) is 0.583. The topological polar surface area (TPSA) is 78.1 Å². The Kier molecular flexibility index (Phi) is 4.47. The predicted octanol–water partition coefficient (Wildman–Crippen LogP) is 0.481. The van der Waals surface area contributed by atoms with E-state index in [1.807, 2.05) is 6.92 Å². The molecule has 0 spiro atoms. The maximum Gasteiger partial charge on any atom is 0.257 e. The van der Waals surface area contributed by atoms with Crippen molar-refractivity contribution in [3.05, 3.63) is 17.0 Å². The predicted molar refractivity (Wildman–Crippen MR) is 68.3 cm³/mol. The third kappa shape index (κ3) is 2.88. The molecule has 0 saturated heterocycles. The first-order chi connectivity index (χ1) is 8.38. The molecule has 1 rings (SSSR count). The Morgan fingerprint density at radius 3 is 2.50 bits per heavy atom. The lowest BCUT2D eigenvalue weighted by molar-refractivity contribution is -0.124. The van der Waals surface area contributed by atoms with Crippen molar-refractivity contribution >= 4 is 11.8 Å². The third-order valence-corrected chi connectivity index (χ3v) is 2.93. The van der Waals surface area contributed by atoms with E-state index in [1.165, 1.54) is 0 Å². The third-order valence-electron chi connectivity index (χ3n) is 2.93.